The van der Waals surface area contributed by atoms with Crippen LogP contribution < -0.4 is 11.1 Å². The highest BCUT2D eigenvalue weighted by Crippen LogP contribution is 2.38. The molecule has 0 aliphatic heterocycles. The lowest BCUT2D eigenvalue weighted by molar-refractivity contribution is -0.127. The molecule has 1 fully saturated rings. The molecule has 1 amide bonds. The van der Waals surface area contributed by atoms with Gasteiger partial charge in [-0.25, -0.2) is 4.98 Å². The minimum absolute atomic E-state index is 0.00290. The number of rotatable bonds is 6. The van der Waals surface area contributed by atoms with Crippen LogP contribution in [0.5, 0.6) is 0 Å². The molecule has 19 heavy (non-hydrogen) atoms. The first-order valence-electron chi connectivity index (χ1n) is 6.69. The number of carbonyl (C=O) groups is 1. The molecule has 1 aromatic heterocycles. The summed E-state index contributed by atoms with van der Waals surface area (Å²) >= 11 is 5.09. The number of nitrogens with two attached hydrogens (primary N) is 1. The van der Waals surface area contributed by atoms with E-state index in [1.165, 1.54) is 0 Å². The topological polar surface area (TPSA) is 72.9 Å². The molecule has 1 aromatic rings. The summed E-state index contributed by atoms with van der Waals surface area (Å²) < 4.78 is 1.99. The number of carbonyl (C=O) groups excluding carboxylic acids is 1. The normalized spacial score (nSPS) is 17.3. The summed E-state index contributed by atoms with van der Waals surface area (Å²) in [6, 6.07) is 0. The van der Waals surface area contributed by atoms with Crippen LogP contribution >= 0.6 is 12.2 Å². The van der Waals surface area contributed by atoms with E-state index in [9.17, 15) is 4.79 Å². The molecule has 0 unspecified atom stereocenters. The van der Waals surface area contributed by atoms with Crippen LogP contribution in [-0.2, 0) is 11.3 Å². The second-order valence-electron chi connectivity index (χ2n) is 5.06. The van der Waals surface area contributed by atoms with E-state index >= 15 is 0 Å². The van der Waals surface area contributed by atoms with Gasteiger partial charge in [-0.15, -0.1) is 0 Å². The van der Waals surface area contributed by atoms with Crippen LogP contribution in [0.25, 0.3) is 0 Å². The number of aromatic nitrogens is 2. The van der Waals surface area contributed by atoms with E-state index in [0.29, 0.717) is 11.5 Å². The van der Waals surface area contributed by atoms with Crippen molar-refractivity contribution in [3.8, 4) is 0 Å². The van der Waals surface area contributed by atoms with Gasteiger partial charge in [0.15, 0.2) is 0 Å². The standard InChI is InChI=1S/C13H20N4OS/c14-11(19)13(4-1-2-5-13)12(18)16-6-3-8-17-9-7-15-10-17/h7,9-10H,1-6,8H2,(H2,14,19)(H,16,18). The van der Waals surface area contributed by atoms with Gasteiger partial charge in [-0.1, -0.05) is 25.1 Å². The predicted octanol–water partition coefficient (Wildman–Crippen LogP) is 1.24. The Bertz CT molecular complexity index is 438. The van der Waals surface area contributed by atoms with Crippen molar-refractivity contribution in [3.63, 3.8) is 0 Å². The van der Waals surface area contributed by atoms with Crippen LogP contribution in [0.3, 0.4) is 0 Å². The summed E-state index contributed by atoms with van der Waals surface area (Å²) in [5.41, 5.74) is 5.18. The molecule has 3 N–H and O–H groups in total. The fourth-order valence-corrected chi connectivity index (χ4v) is 2.91. The summed E-state index contributed by atoms with van der Waals surface area (Å²) in [6.07, 6.45) is 9.93. The molecule has 104 valence electrons. The first-order chi connectivity index (χ1) is 9.15. The smallest absolute Gasteiger partial charge is 0.233 e. The van der Waals surface area contributed by atoms with Crippen molar-refractivity contribution in [2.24, 2.45) is 11.1 Å². The van der Waals surface area contributed by atoms with Gasteiger partial charge in [0.2, 0.25) is 5.91 Å². The van der Waals surface area contributed by atoms with Crippen molar-refractivity contribution in [3.05, 3.63) is 18.7 Å². The van der Waals surface area contributed by atoms with Gasteiger partial charge >= 0.3 is 0 Å². The highest BCUT2D eigenvalue weighted by molar-refractivity contribution is 7.80. The quantitative estimate of drug-likeness (QED) is 0.607. The maximum absolute atomic E-state index is 12.3. The van der Waals surface area contributed by atoms with E-state index in [4.69, 9.17) is 18.0 Å². The zero-order chi connectivity index (χ0) is 13.7. The van der Waals surface area contributed by atoms with Gasteiger partial charge in [-0.3, -0.25) is 4.79 Å². The van der Waals surface area contributed by atoms with Gasteiger partial charge in [-0.05, 0) is 19.3 Å². The number of imidazole rings is 1. The first-order valence-corrected chi connectivity index (χ1v) is 7.10. The summed E-state index contributed by atoms with van der Waals surface area (Å²) in [7, 11) is 0. The lowest BCUT2D eigenvalue weighted by Crippen LogP contribution is -2.47. The van der Waals surface area contributed by atoms with Gasteiger partial charge in [0, 0.05) is 25.5 Å². The van der Waals surface area contributed by atoms with Crippen molar-refractivity contribution in [2.45, 2.75) is 38.6 Å². The molecule has 0 radical (unpaired) electrons. The number of thiocarbonyl (C=S) groups is 1. The Labute approximate surface area is 118 Å². The lowest BCUT2D eigenvalue weighted by atomic mass is 9.85. The maximum atomic E-state index is 12.3. The number of aryl methyl sites for hydroxylation is 1. The fourth-order valence-electron chi connectivity index (χ4n) is 2.62. The number of hydrogen-bond acceptors (Lipinski definition) is 3. The number of hydrogen-bond donors (Lipinski definition) is 2. The Kier molecular flexibility index (Phi) is 4.52. The van der Waals surface area contributed by atoms with Crippen LogP contribution in [0.2, 0.25) is 0 Å². The third-order valence-electron chi connectivity index (χ3n) is 3.80. The van der Waals surface area contributed by atoms with E-state index in [1.807, 2.05) is 10.8 Å². The van der Waals surface area contributed by atoms with E-state index in [2.05, 4.69) is 10.3 Å². The monoisotopic (exact) mass is 280 g/mol. The van der Waals surface area contributed by atoms with Crippen molar-refractivity contribution in [1.82, 2.24) is 14.9 Å². The van der Waals surface area contributed by atoms with E-state index < -0.39 is 5.41 Å². The Morgan fingerprint density at radius 3 is 2.79 bits per heavy atom. The second kappa shape index (κ2) is 6.14. The number of nitrogens with one attached hydrogen (secondary N) is 1. The minimum Gasteiger partial charge on any atom is -0.392 e. The summed E-state index contributed by atoms with van der Waals surface area (Å²) in [5.74, 6) is 0.00290. The van der Waals surface area contributed by atoms with Gasteiger partial charge in [-0.2, -0.15) is 0 Å². The van der Waals surface area contributed by atoms with E-state index in [0.717, 1.165) is 38.6 Å². The largest absolute Gasteiger partial charge is 0.392 e. The van der Waals surface area contributed by atoms with Gasteiger partial charge < -0.3 is 15.6 Å². The highest BCUT2D eigenvalue weighted by Gasteiger charge is 2.43. The van der Waals surface area contributed by atoms with Crippen molar-refractivity contribution in [2.75, 3.05) is 6.54 Å². The average molecular weight is 280 g/mol. The number of nitrogens with zero attached hydrogens (tertiary/aromatic N) is 2. The van der Waals surface area contributed by atoms with Crippen LogP contribution in [0, 0.1) is 5.41 Å². The summed E-state index contributed by atoms with van der Waals surface area (Å²) in [6.45, 7) is 1.49. The van der Waals surface area contributed by atoms with Gasteiger partial charge in [0.05, 0.1) is 16.7 Å². The molecule has 0 saturated heterocycles. The zero-order valence-corrected chi connectivity index (χ0v) is 11.8. The average Bonchev–Trinajstić information content (AvgIpc) is 3.05. The summed E-state index contributed by atoms with van der Waals surface area (Å²) in [4.78, 5) is 16.6. The van der Waals surface area contributed by atoms with Crippen LogP contribution in [0.15, 0.2) is 18.7 Å². The van der Waals surface area contributed by atoms with E-state index in [-0.39, 0.29) is 5.91 Å². The van der Waals surface area contributed by atoms with Crippen molar-refractivity contribution < 1.29 is 4.79 Å². The molecular weight excluding hydrogens is 260 g/mol. The number of amides is 1. The molecule has 1 aliphatic carbocycles. The van der Waals surface area contributed by atoms with Gasteiger partial charge in [0.1, 0.15) is 0 Å². The van der Waals surface area contributed by atoms with Crippen LogP contribution in [0.1, 0.15) is 32.1 Å². The molecule has 1 aliphatic rings. The molecular formula is C13H20N4OS. The minimum atomic E-state index is -0.593. The molecule has 1 heterocycles. The fraction of sp³-hybridized carbons (Fsp3) is 0.615. The molecule has 0 aromatic carbocycles. The summed E-state index contributed by atoms with van der Waals surface area (Å²) in [5, 5.41) is 2.97. The van der Waals surface area contributed by atoms with E-state index in [1.54, 1.807) is 12.5 Å². The maximum Gasteiger partial charge on any atom is 0.233 e. The van der Waals surface area contributed by atoms with Gasteiger partial charge in [0.25, 0.3) is 0 Å². The molecule has 6 heteroatoms. The van der Waals surface area contributed by atoms with Crippen LogP contribution in [0.4, 0.5) is 0 Å². The predicted molar refractivity (Wildman–Crippen MR) is 77.5 cm³/mol. The molecule has 1 saturated carbocycles. The molecule has 2 rings (SSSR count). The first kappa shape index (κ1) is 14.0. The Hall–Kier alpha value is -1.43. The zero-order valence-electron chi connectivity index (χ0n) is 11.0. The van der Waals surface area contributed by atoms with Crippen molar-refractivity contribution in [1.29, 1.82) is 0 Å². The third-order valence-corrected chi connectivity index (χ3v) is 4.19. The lowest BCUT2D eigenvalue weighted by Gasteiger charge is -2.26. The third kappa shape index (κ3) is 3.12. The Morgan fingerprint density at radius 2 is 2.21 bits per heavy atom. The Balaban J connectivity index is 1.78. The molecule has 0 atom stereocenters. The highest BCUT2D eigenvalue weighted by atomic mass is 32.1. The Morgan fingerprint density at radius 1 is 1.47 bits per heavy atom. The molecule has 0 bridgehead atoms. The van der Waals surface area contributed by atoms with Crippen LogP contribution in [-0.4, -0.2) is 27.0 Å². The van der Waals surface area contributed by atoms with Crippen molar-refractivity contribution >= 4 is 23.1 Å². The molecule has 0 spiro atoms. The SMILES string of the molecule is NC(=S)C1(C(=O)NCCCn2ccnc2)CCCC1. The second-order valence-corrected chi connectivity index (χ2v) is 5.50. The molecule has 5 nitrogen and oxygen atoms in total.